The van der Waals surface area contributed by atoms with E-state index in [0.717, 1.165) is 44.5 Å². The van der Waals surface area contributed by atoms with Gasteiger partial charge in [-0.15, -0.1) is 13.2 Å². The minimum atomic E-state index is -4.74. The summed E-state index contributed by atoms with van der Waals surface area (Å²) >= 11 is 0. The monoisotopic (exact) mass is 475 g/mol. The highest BCUT2D eigenvalue weighted by Crippen LogP contribution is 2.42. The van der Waals surface area contributed by atoms with Crippen molar-refractivity contribution in [2.24, 2.45) is 0 Å². The number of ether oxygens (including phenoxy) is 1. The van der Waals surface area contributed by atoms with E-state index in [1.54, 1.807) is 0 Å². The Bertz CT molecular complexity index is 1060. The number of hydrogen-bond acceptors (Lipinski definition) is 6. The molecule has 0 radical (unpaired) electrons. The van der Waals surface area contributed by atoms with Gasteiger partial charge < -0.3 is 15.0 Å². The lowest BCUT2D eigenvalue weighted by Gasteiger charge is -2.63. The predicted molar refractivity (Wildman–Crippen MR) is 120 cm³/mol. The Morgan fingerprint density at radius 2 is 1.91 bits per heavy atom. The van der Waals surface area contributed by atoms with Crippen LogP contribution in [-0.4, -0.2) is 63.3 Å². The van der Waals surface area contributed by atoms with Gasteiger partial charge in [-0.1, -0.05) is 6.07 Å². The summed E-state index contributed by atoms with van der Waals surface area (Å²) in [6.07, 6.45) is 1.22. The van der Waals surface area contributed by atoms with Crippen LogP contribution in [-0.2, 0) is 6.54 Å². The Balaban J connectivity index is 1.21. The van der Waals surface area contributed by atoms with Crippen molar-refractivity contribution in [3.05, 3.63) is 47.3 Å². The number of rotatable bonds is 7. The smallest absolute Gasteiger partial charge is 0.406 e. The topological polar surface area (TPSA) is 70.6 Å². The summed E-state index contributed by atoms with van der Waals surface area (Å²) in [6.45, 7) is 7.09. The van der Waals surface area contributed by atoms with Crippen LogP contribution in [0.3, 0.4) is 0 Å². The molecule has 10 heteroatoms. The average molecular weight is 476 g/mol. The molecule has 0 atom stereocenters. The minimum Gasteiger partial charge on any atom is -0.406 e. The van der Waals surface area contributed by atoms with Gasteiger partial charge in [0.15, 0.2) is 0 Å². The van der Waals surface area contributed by atoms with E-state index in [2.05, 4.69) is 38.8 Å². The summed E-state index contributed by atoms with van der Waals surface area (Å²) in [4.78, 5) is 25.7. The Kier molecular flexibility index (Phi) is 5.66. The maximum absolute atomic E-state index is 13.0. The highest BCUT2D eigenvalue weighted by Gasteiger charge is 2.55. The van der Waals surface area contributed by atoms with Crippen molar-refractivity contribution in [1.29, 1.82) is 0 Å². The van der Waals surface area contributed by atoms with Crippen molar-refractivity contribution in [3.63, 3.8) is 0 Å². The van der Waals surface area contributed by atoms with Crippen LogP contribution in [0.1, 0.15) is 60.5 Å². The Hall–Kier alpha value is -2.88. The Labute approximate surface area is 196 Å². The van der Waals surface area contributed by atoms with Gasteiger partial charge in [0.1, 0.15) is 5.75 Å². The van der Waals surface area contributed by atoms with Crippen LogP contribution in [0, 0.1) is 0 Å². The quantitative estimate of drug-likeness (QED) is 0.648. The minimum absolute atomic E-state index is 0.0545. The average Bonchev–Trinajstić information content (AvgIpc) is 3.55. The Morgan fingerprint density at radius 3 is 2.47 bits per heavy atom. The van der Waals surface area contributed by atoms with E-state index in [-0.39, 0.29) is 29.7 Å². The number of amides is 1. The van der Waals surface area contributed by atoms with E-state index in [4.69, 9.17) is 0 Å². The van der Waals surface area contributed by atoms with E-state index in [1.165, 1.54) is 24.5 Å². The first-order chi connectivity index (χ1) is 16.1. The van der Waals surface area contributed by atoms with Gasteiger partial charge in [0, 0.05) is 44.6 Å². The van der Waals surface area contributed by atoms with Gasteiger partial charge in [-0.25, -0.2) is 9.97 Å². The molecule has 182 valence electrons. The molecule has 2 aromatic rings. The van der Waals surface area contributed by atoms with Crippen LogP contribution >= 0.6 is 0 Å². The number of halogens is 3. The lowest BCUT2D eigenvalue weighted by molar-refractivity contribution is -0.274. The van der Waals surface area contributed by atoms with Crippen molar-refractivity contribution < 1.29 is 22.7 Å². The largest absolute Gasteiger partial charge is 0.573 e. The van der Waals surface area contributed by atoms with Gasteiger partial charge in [-0.05, 0) is 62.3 Å². The summed E-state index contributed by atoms with van der Waals surface area (Å²) in [5.41, 5.74) is 1.87. The van der Waals surface area contributed by atoms with Crippen LogP contribution in [0.2, 0.25) is 0 Å². The molecule has 1 N–H and O–H groups in total. The molecule has 0 unspecified atom stereocenters. The summed E-state index contributed by atoms with van der Waals surface area (Å²) in [5, 5.41) is 3.03. The highest BCUT2D eigenvalue weighted by molar-refractivity contribution is 5.95. The van der Waals surface area contributed by atoms with E-state index in [9.17, 15) is 18.0 Å². The third kappa shape index (κ3) is 4.68. The third-order valence-corrected chi connectivity index (χ3v) is 6.96. The number of carbonyl (C=O) groups excluding carboxylic acids is 1. The SMILES string of the molecule is CC(C)N1CC2(CCN2C(=O)c2cnc(NCc3cc(OC(F)(F)F)cc(C4CC4)c3)nc2)C1. The molecular formula is C24H28F3N5O2. The standard InChI is InChI=1S/C24H28F3N5O2/c1-15(2)31-13-23(14-31)5-6-32(23)21(33)19-11-29-22(30-12-19)28-10-16-7-18(17-3-4-17)9-20(8-16)34-24(25,26)27/h7-9,11-12,15,17H,3-6,10,13-14H2,1-2H3,(H,28,29,30). The molecule has 1 aromatic carbocycles. The van der Waals surface area contributed by atoms with Crippen molar-refractivity contribution in [1.82, 2.24) is 19.8 Å². The van der Waals surface area contributed by atoms with Crippen molar-refractivity contribution in [2.45, 2.75) is 63.5 Å². The molecule has 1 amide bonds. The van der Waals surface area contributed by atoms with E-state index >= 15 is 0 Å². The number of anilines is 1. The number of aromatic nitrogens is 2. The molecule has 0 bridgehead atoms. The predicted octanol–water partition coefficient (Wildman–Crippen LogP) is 4.17. The van der Waals surface area contributed by atoms with Gasteiger partial charge in [-0.3, -0.25) is 9.69 Å². The molecule has 7 nitrogen and oxygen atoms in total. The lowest BCUT2D eigenvalue weighted by Crippen LogP contribution is -2.78. The van der Waals surface area contributed by atoms with Gasteiger partial charge in [0.2, 0.25) is 5.95 Å². The summed E-state index contributed by atoms with van der Waals surface area (Å²) in [6, 6.07) is 5.18. The molecule has 1 spiro atoms. The number of nitrogens with zero attached hydrogens (tertiary/aromatic N) is 4. The van der Waals surface area contributed by atoms with Gasteiger partial charge in [0.05, 0.1) is 11.1 Å². The third-order valence-electron chi connectivity index (χ3n) is 6.96. The second kappa shape index (κ2) is 8.41. The zero-order valence-electron chi connectivity index (χ0n) is 19.2. The molecule has 1 aliphatic carbocycles. The highest BCUT2D eigenvalue weighted by atomic mass is 19.4. The molecule has 3 heterocycles. The van der Waals surface area contributed by atoms with Gasteiger partial charge in [-0.2, -0.15) is 0 Å². The number of carbonyl (C=O) groups is 1. The first-order valence-corrected chi connectivity index (χ1v) is 11.6. The molecule has 5 rings (SSSR count). The van der Waals surface area contributed by atoms with Crippen LogP contribution in [0.15, 0.2) is 30.6 Å². The van der Waals surface area contributed by atoms with Crippen LogP contribution < -0.4 is 10.1 Å². The fourth-order valence-electron chi connectivity index (χ4n) is 4.76. The van der Waals surface area contributed by atoms with E-state index in [1.807, 2.05) is 11.0 Å². The molecule has 34 heavy (non-hydrogen) atoms. The molecule has 1 aromatic heterocycles. The van der Waals surface area contributed by atoms with Crippen LogP contribution in [0.25, 0.3) is 0 Å². The fourth-order valence-corrected chi connectivity index (χ4v) is 4.76. The zero-order chi connectivity index (χ0) is 24.1. The van der Waals surface area contributed by atoms with E-state index in [0.29, 0.717) is 23.1 Å². The normalized spacial score (nSPS) is 19.6. The zero-order valence-corrected chi connectivity index (χ0v) is 19.2. The summed E-state index contributed by atoms with van der Waals surface area (Å²) < 4.78 is 42.2. The number of nitrogens with one attached hydrogen (secondary N) is 1. The molecule has 3 aliphatic rings. The van der Waals surface area contributed by atoms with Gasteiger partial charge in [0.25, 0.3) is 5.91 Å². The first-order valence-electron chi connectivity index (χ1n) is 11.6. The van der Waals surface area contributed by atoms with Crippen molar-refractivity contribution >= 4 is 11.9 Å². The second-order valence-electron chi connectivity index (χ2n) is 9.81. The van der Waals surface area contributed by atoms with E-state index < -0.39 is 6.36 Å². The molecule has 2 aliphatic heterocycles. The summed E-state index contributed by atoms with van der Waals surface area (Å²) in [5.74, 6) is 0.308. The van der Waals surface area contributed by atoms with Crippen LogP contribution in [0.4, 0.5) is 19.1 Å². The molecule has 3 fully saturated rings. The molecule has 2 saturated heterocycles. The number of likely N-dealkylation sites (tertiary alicyclic amines) is 2. The van der Waals surface area contributed by atoms with Gasteiger partial charge >= 0.3 is 6.36 Å². The maximum Gasteiger partial charge on any atom is 0.573 e. The molecular weight excluding hydrogens is 447 g/mol. The molecule has 1 saturated carbocycles. The number of hydrogen-bond donors (Lipinski definition) is 1. The summed E-state index contributed by atoms with van der Waals surface area (Å²) in [7, 11) is 0. The number of benzene rings is 1. The fraction of sp³-hybridized carbons (Fsp3) is 0.542. The second-order valence-corrected chi connectivity index (χ2v) is 9.81. The maximum atomic E-state index is 13.0. The van der Waals surface area contributed by atoms with Crippen molar-refractivity contribution in [2.75, 3.05) is 25.0 Å². The van der Waals surface area contributed by atoms with Crippen molar-refractivity contribution in [3.8, 4) is 5.75 Å². The lowest BCUT2D eigenvalue weighted by atomic mass is 9.76. The Morgan fingerprint density at radius 1 is 1.21 bits per heavy atom. The first kappa shape index (κ1) is 22.9. The number of alkyl halides is 3. The van der Waals surface area contributed by atoms with Crippen LogP contribution in [0.5, 0.6) is 5.75 Å².